The van der Waals surface area contributed by atoms with Crippen LogP contribution in [0.15, 0.2) is 29.1 Å². The number of aromatic nitrogens is 2. The van der Waals surface area contributed by atoms with E-state index in [-0.39, 0.29) is 17.4 Å². The lowest BCUT2D eigenvalue weighted by atomic mass is 9.95. The lowest BCUT2D eigenvalue weighted by Gasteiger charge is -2.33. The van der Waals surface area contributed by atoms with Crippen LogP contribution in [-0.2, 0) is 24.2 Å². The van der Waals surface area contributed by atoms with Gasteiger partial charge in [0.25, 0.3) is 5.56 Å². The molecule has 0 saturated carbocycles. The van der Waals surface area contributed by atoms with E-state index in [1.165, 1.54) is 0 Å². The summed E-state index contributed by atoms with van der Waals surface area (Å²) in [5.74, 6) is 1.76. The molecule has 1 atom stereocenters. The third kappa shape index (κ3) is 4.56. The molecule has 1 N–H and O–H groups in total. The average molecular weight is 411 g/mol. The fourth-order valence-electron chi connectivity index (χ4n) is 4.36. The molecule has 1 saturated heterocycles. The molecule has 1 aromatic carbocycles. The van der Waals surface area contributed by atoms with Gasteiger partial charge < -0.3 is 19.5 Å². The van der Waals surface area contributed by atoms with Gasteiger partial charge in [-0.2, -0.15) is 0 Å². The third-order valence-electron chi connectivity index (χ3n) is 6.03. The van der Waals surface area contributed by atoms with Crippen LogP contribution in [0.2, 0.25) is 0 Å². The third-order valence-corrected chi connectivity index (χ3v) is 6.03. The van der Waals surface area contributed by atoms with Crippen LogP contribution in [0.3, 0.4) is 0 Å². The molecule has 1 aromatic heterocycles. The largest absolute Gasteiger partial charge is 0.494 e. The van der Waals surface area contributed by atoms with Crippen molar-refractivity contribution in [3.8, 4) is 5.75 Å². The van der Waals surface area contributed by atoms with Gasteiger partial charge in [-0.25, -0.2) is 4.98 Å². The van der Waals surface area contributed by atoms with Gasteiger partial charge in [-0.3, -0.25) is 9.59 Å². The minimum atomic E-state index is -0.0283. The maximum atomic E-state index is 12.9. The zero-order valence-corrected chi connectivity index (χ0v) is 17.8. The van der Waals surface area contributed by atoms with E-state index in [0.29, 0.717) is 26.1 Å². The number of hydrogen-bond donors (Lipinski definition) is 1. The highest BCUT2D eigenvalue weighted by atomic mass is 16.5. The Morgan fingerprint density at radius 1 is 1.27 bits per heavy atom. The van der Waals surface area contributed by atoms with Crippen LogP contribution in [-0.4, -0.2) is 59.0 Å². The zero-order chi connectivity index (χ0) is 21.1. The Labute approximate surface area is 177 Å². The second-order valence-corrected chi connectivity index (χ2v) is 8.30. The van der Waals surface area contributed by atoms with Gasteiger partial charge in [-0.05, 0) is 44.5 Å². The van der Waals surface area contributed by atoms with E-state index in [1.54, 1.807) is 0 Å². The van der Waals surface area contributed by atoms with Crippen LogP contribution in [0.5, 0.6) is 5.75 Å². The molecule has 0 unspecified atom stereocenters. The van der Waals surface area contributed by atoms with Crippen molar-refractivity contribution in [2.75, 3.05) is 33.3 Å². The first-order chi connectivity index (χ1) is 14.5. The van der Waals surface area contributed by atoms with Crippen LogP contribution in [0.1, 0.15) is 48.3 Å². The van der Waals surface area contributed by atoms with Crippen LogP contribution in [0, 0.1) is 0 Å². The van der Waals surface area contributed by atoms with E-state index in [1.807, 2.05) is 43.1 Å². The number of carbonyl (C=O) groups is 1. The number of nitrogens with zero attached hydrogens (tertiary/aromatic N) is 3. The van der Waals surface area contributed by atoms with Gasteiger partial charge in [0.2, 0.25) is 5.91 Å². The number of hydrogen-bond acceptors (Lipinski definition) is 5. The van der Waals surface area contributed by atoms with Crippen molar-refractivity contribution in [2.45, 2.75) is 45.1 Å². The Bertz CT molecular complexity index is 954. The smallest absolute Gasteiger partial charge is 0.255 e. The van der Waals surface area contributed by atoms with E-state index >= 15 is 0 Å². The van der Waals surface area contributed by atoms with Crippen LogP contribution in [0.25, 0.3) is 0 Å². The predicted octanol–water partition coefficient (Wildman–Crippen LogP) is 2.11. The van der Waals surface area contributed by atoms with E-state index in [9.17, 15) is 9.59 Å². The Morgan fingerprint density at radius 2 is 2.07 bits per heavy atom. The molecular weight excluding hydrogens is 380 g/mol. The Kier molecular flexibility index (Phi) is 6.18. The number of ether oxygens (including phenoxy) is 1. The molecule has 4 rings (SSSR count). The number of benzene rings is 1. The van der Waals surface area contributed by atoms with Crippen LogP contribution < -0.4 is 10.3 Å². The number of amides is 1. The Morgan fingerprint density at radius 3 is 2.83 bits per heavy atom. The standard InChI is InChI=1S/C23H30N4O3/c1-3-30-18-8-6-16(7-9-18)13-21(28)27-11-4-5-17(14-27)22-24-20-10-12-26(2)15-19(20)23(29)25-22/h6-9,17H,3-5,10-15H2,1-2H3,(H,24,25,29)/t17-/m1/s1. The monoisotopic (exact) mass is 410 g/mol. The van der Waals surface area contributed by atoms with Gasteiger partial charge in [0.15, 0.2) is 0 Å². The molecule has 7 nitrogen and oxygen atoms in total. The number of carbonyl (C=O) groups excluding carboxylic acids is 1. The van der Waals surface area contributed by atoms with Crippen molar-refractivity contribution in [3.05, 3.63) is 57.3 Å². The number of aromatic amines is 1. The Hall–Kier alpha value is -2.67. The molecule has 0 aliphatic carbocycles. The normalized spacial score (nSPS) is 19.4. The van der Waals surface area contributed by atoms with Gasteiger partial charge in [0.05, 0.1) is 24.3 Å². The fraction of sp³-hybridized carbons (Fsp3) is 0.522. The van der Waals surface area contributed by atoms with Gasteiger partial charge in [0, 0.05) is 38.5 Å². The topological polar surface area (TPSA) is 78.5 Å². The fourth-order valence-corrected chi connectivity index (χ4v) is 4.36. The van der Waals surface area contributed by atoms with Crippen molar-refractivity contribution < 1.29 is 9.53 Å². The van der Waals surface area contributed by atoms with E-state index in [0.717, 1.165) is 60.7 Å². The minimum absolute atomic E-state index is 0.0283. The Balaban J connectivity index is 1.43. The first-order valence-corrected chi connectivity index (χ1v) is 10.8. The molecule has 160 valence electrons. The second kappa shape index (κ2) is 9.00. The first-order valence-electron chi connectivity index (χ1n) is 10.8. The maximum Gasteiger partial charge on any atom is 0.255 e. The lowest BCUT2D eigenvalue weighted by Crippen LogP contribution is -2.41. The van der Waals surface area contributed by atoms with E-state index in [4.69, 9.17) is 9.72 Å². The zero-order valence-electron chi connectivity index (χ0n) is 17.8. The summed E-state index contributed by atoms with van der Waals surface area (Å²) in [7, 11) is 2.02. The summed E-state index contributed by atoms with van der Waals surface area (Å²) in [4.78, 5) is 37.3. The number of nitrogens with one attached hydrogen (secondary N) is 1. The number of likely N-dealkylation sites (N-methyl/N-ethyl adjacent to an activating group) is 1. The molecular formula is C23H30N4O3. The number of H-pyrrole nitrogens is 1. The van der Waals surface area contributed by atoms with Gasteiger partial charge in [0.1, 0.15) is 11.6 Å². The summed E-state index contributed by atoms with van der Waals surface area (Å²) in [6.07, 6.45) is 3.03. The van der Waals surface area contributed by atoms with Crippen LogP contribution in [0.4, 0.5) is 0 Å². The molecule has 0 spiro atoms. The average Bonchev–Trinajstić information content (AvgIpc) is 2.76. The first kappa shape index (κ1) is 20.6. The number of fused-ring (bicyclic) bond motifs is 1. The highest BCUT2D eigenvalue weighted by molar-refractivity contribution is 5.79. The summed E-state index contributed by atoms with van der Waals surface area (Å²) in [6.45, 7) is 5.51. The van der Waals surface area contributed by atoms with E-state index in [2.05, 4.69) is 9.88 Å². The van der Waals surface area contributed by atoms with Gasteiger partial charge >= 0.3 is 0 Å². The van der Waals surface area contributed by atoms with Crippen molar-refractivity contribution in [2.24, 2.45) is 0 Å². The quantitative estimate of drug-likeness (QED) is 0.817. The van der Waals surface area contributed by atoms with Crippen molar-refractivity contribution in [1.82, 2.24) is 19.8 Å². The van der Waals surface area contributed by atoms with Crippen molar-refractivity contribution in [1.29, 1.82) is 0 Å². The van der Waals surface area contributed by atoms with Gasteiger partial charge in [-0.1, -0.05) is 12.1 Å². The number of rotatable bonds is 5. The van der Waals surface area contributed by atoms with Crippen LogP contribution >= 0.6 is 0 Å². The summed E-state index contributed by atoms with van der Waals surface area (Å²) in [5, 5.41) is 0. The minimum Gasteiger partial charge on any atom is -0.494 e. The molecule has 1 fully saturated rings. The van der Waals surface area contributed by atoms with Crippen molar-refractivity contribution >= 4 is 5.91 Å². The molecule has 30 heavy (non-hydrogen) atoms. The molecule has 0 bridgehead atoms. The molecule has 0 radical (unpaired) electrons. The number of likely N-dealkylation sites (tertiary alicyclic amines) is 1. The second-order valence-electron chi connectivity index (χ2n) is 8.30. The molecule has 7 heteroatoms. The summed E-state index contributed by atoms with van der Waals surface area (Å²) in [5.41, 5.74) is 2.66. The summed E-state index contributed by atoms with van der Waals surface area (Å²) < 4.78 is 5.47. The summed E-state index contributed by atoms with van der Waals surface area (Å²) >= 11 is 0. The van der Waals surface area contributed by atoms with Crippen molar-refractivity contribution in [3.63, 3.8) is 0 Å². The molecule has 2 aromatic rings. The molecule has 3 heterocycles. The highest BCUT2D eigenvalue weighted by Gasteiger charge is 2.28. The SMILES string of the molecule is CCOc1ccc(CC(=O)N2CCC[C@@H](c3nc4c(c(=O)[nH]3)CN(C)CC4)C2)cc1. The van der Waals surface area contributed by atoms with Gasteiger partial charge in [-0.15, -0.1) is 0 Å². The molecule has 2 aliphatic heterocycles. The maximum absolute atomic E-state index is 12.9. The molecule has 2 aliphatic rings. The van der Waals surface area contributed by atoms with E-state index < -0.39 is 0 Å². The highest BCUT2D eigenvalue weighted by Crippen LogP contribution is 2.26. The predicted molar refractivity (Wildman–Crippen MR) is 115 cm³/mol. The summed E-state index contributed by atoms with van der Waals surface area (Å²) in [6, 6.07) is 7.71. The molecule has 1 amide bonds. The number of piperidine rings is 1. The lowest BCUT2D eigenvalue weighted by molar-refractivity contribution is -0.131.